The quantitative estimate of drug-likeness (QED) is 0.400. The minimum Gasteiger partial charge on any atom is -0.462 e. The Bertz CT molecular complexity index is 1260. The molecule has 10 heteroatoms. The number of carbonyl (C=O) groups is 2. The lowest BCUT2D eigenvalue weighted by atomic mass is 10.2. The first-order valence-electron chi connectivity index (χ1n) is 10.3. The molecule has 3 aromatic carbocycles. The standard InChI is InChI=1S/C24H22Cl2N2O5S/c1-2-33-24(30)18-6-10-21(11-7-18)27-23(29)16-28(15-17-4-3-5-20(26)14-17)34(31,32)22-12-8-19(25)9-13-22/h3-14H,2,15-16H2,1H3,(H,27,29). The van der Waals surface area contributed by atoms with E-state index in [1.165, 1.54) is 36.4 Å². The highest BCUT2D eigenvalue weighted by Crippen LogP contribution is 2.22. The van der Waals surface area contributed by atoms with Gasteiger partial charge in [-0.15, -0.1) is 0 Å². The number of halogens is 2. The van der Waals surface area contributed by atoms with Gasteiger partial charge in [-0.1, -0.05) is 35.3 Å². The summed E-state index contributed by atoms with van der Waals surface area (Å²) in [7, 11) is -4.03. The number of ether oxygens (including phenoxy) is 1. The second-order valence-electron chi connectivity index (χ2n) is 7.20. The number of esters is 1. The van der Waals surface area contributed by atoms with Crippen LogP contribution in [0.25, 0.3) is 0 Å². The number of benzene rings is 3. The highest BCUT2D eigenvalue weighted by Gasteiger charge is 2.27. The molecule has 0 saturated heterocycles. The zero-order valence-corrected chi connectivity index (χ0v) is 20.5. The summed E-state index contributed by atoms with van der Waals surface area (Å²) in [6.07, 6.45) is 0. The number of carbonyl (C=O) groups excluding carboxylic acids is 2. The van der Waals surface area contributed by atoms with Gasteiger partial charge in [-0.05, 0) is 73.2 Å². The Morgan fingerprint density at radius 3 is 2.24 bits per heavy atom. The summed E-state index contributed by atoms with van der Waals surface area (Å²) in [5.41, 5.74) is 1.37. The lowest BCUT2D eigenvalue weighted by Crippen LogP contribution is -2.37. The summed E-state index contributed by atoms with van der Waals surface area (Å²) in [5.74, 6) is -1.02. The van der Waals surface area contributed by atoms with Gasteiger partial charge in [-0.3, -0.25) is 4.79 Å². The van der Waals surface area contributed by atoms with Gasteiger partial charge in [-0.25, -0.2) is 13.2 Å². The number of amides is 1. The Morgan fingerprint density at radius 1 is 0.941 bits per heavy atom. The Balaban J connectivity index is 1.81. The van der Waals surface area contributed by atoms with Gasteiger partial charge < -0.3 is 10.1 Å². The van der Waals surface area contributed by atoms with Gasteiger partial charge in [0.2, 0.25) is 15.9 Å². The number of rotatable bonds is 9. The predicted octanol–water partition coefficient (Wildman–Crippen LogP) is 5.00. The molecule has 7 nitrogen and oxygen atoms in total. The molecule has 0 spiro atoms. The van der Waals surface area contributed by atoms with E-state index in [4.69, 9.17) is 27.9 Å². The fourth-order valence-corrected chi connectivity index (χ4v) is 4.81. The van der Waals surface area contributed by atoms with Crippen LogP contribution in [0.3, 0.4) is 0 Å². The van der Waals surface area contributed by atoms with Crippen LogP contribution in [0, 0.1) is 0 Å². The maximum atomic E-state index is 13.3. The van der Waals surface area contributed by atoms with Crippen molar-refractivity contribution in [3.8, 4) is 0 Å². The minimum absolute atomic E-state index is 0.00511. The van der Waals surface area contributed by atoms with Crippen molar-refractivity contribution in [1.82, 2.24) is 4.31 Å². The number of hydrogen-bond donors (Lipinski definition) is 1. The number of hydrogen-bond acceptors (Lipinski definition) is 5. The van der Waals surface area contributed by atoms with Crippen molar-refractivity contribution in [3.63, 3.8) is 0 Å². The summed E-state index contributed by atoms with van der Waals surface area (Å²) in [6, 6.07) is 18.6. The molecular weight excluding hydrogens is 499 g/mol. The van der Waals surface area contributed by atoms with E-state index in [9.17, 15) is 18.0 Å². The predicted molar refractivity (Wildman–Crippen MR) is 132 cm³/mol. The zero-order chi connectivity index (χ0) is 24.7. The monoisotopic (exact) mass is 520 g/mol. The molecule has 3 rings (SSSR count). The van der Waals surface area contributed by atoms with Crippen LogP contribution in [0.2, 0.25) is 10.0 Å². The Morgan fingerprint density at radius 2 is 1.62 bits per heavy atom. The van der Waals surface area contributed by atoms with Crippen LogP contribution in [-0.4, -0.2) is 37.8 Å². The molecule has 0 heterocycles. The molecular formula is C24H22Cl2N2O5S. The number of anilines is 1. The van der Waals surface area contributed by atoms with Crippen molar-refractivity contribution < 1.29 is 22.7 Å². The summed E-state index contributed by atoms with van der Waals surface area (Å²) in [6.45, 7) is 1.44. The molecule has 0 bridgehead atoms. The van der Waals surface area contributed by atoms with E-state index in [0.717, 1.165) is 4.31 Å². The zero-order valence-electron chi connectivity index (χ0n) is 18.2. The van der Waals surface area contributed by atoms with Crippen molar-refractivity contribution in [1.29, 1.82) is 0 Å². The van der Waals surface area contributed by atoms with Crippen LogP contribution in [0.5, 0.6) is 0 Å². The largest absolute Gasteiger partial charge is 0.462 e. The molecule has 0 saturated carbocycles. The molecule has 0 atom stereocenters. The summed E-state index contributed by atoms with van der Waals surface area (Å²) in [4.78, 5) is 24.6. The first kappa shape index (κ1) is 25.7. The average molecular weight is 521 g/mol. The Kier molecular flexibility index (Phi) is 8.68. The van der Waals surface area contributed by atoms with E-state index in [1.807, 2.05) is 0 Å². The van der Waals surface area contributed by atoms with Crippen LogP contribution < -0.4 is 5.32 Å². The third-order valence-corrected chi connectivity index (χ3v) is 6.99. The van der Waals surface area contributed by atoms with Crippen LogP contribution >= 0.6 is 23.2 Å². The van der Waals surface area contributed by atoms with Gasteiger partial charge in [0.05, 0.1) is 23.6 Å². The van der Waals surface area contributed by atoms with Crippen molar-refractivity contribution in [3.05, 3.63) is 94.0 Å². The van der Waals surface area contributed by atoms with Gasteiger partial charge in [0.15, 0.2) is 0 Å². The normalized spacial score (nSPS) is 11.3. The van der Waals surface area contributed by atoms with Crippen LogP contribution in [0.1, 0.15) is 22.8 Å². The Hall–Kier alpha value is -2.91. The smallest absolute Gasteiger partial charge is 0.338 e. The van der Waals surface area contributed by atoms with Gasteiger partial charge in [0.25, 0.3) is 0 Å². The van der Waals surface area contributed by atoms with Crippen LogP contribution in [0.15, 0.2) is 77.7 Å². The third-order valence-electron chi connectivity index (χ3n) is 4.70. The molecule has 0 aliphatic heterocycles. The van der Waals surface area contributed by atoms with Gasteiger partial charge >= 0.3 is 5.97 Å². The minimum atomic E-state index is -4.03. The highest BCUT2D eigenvalue weighted by atomic mass is 35.5. The number of nitrogens with one attached hydrogen (secondary N) is 1. The van der Waals surface area contributed by atoms with E-state index in [1.54, 1.807) is 43.3 Å². The van der Waals surface area contributed by atoms with Gasteiger partial charge in [-0.2, -0.15) is 4.31 Å². The molecule has 0 radical (unpaired) electrons. The van der Waals surface area contributed by atoms with Crippen LogP contribution in [0.4, 0.5) is 5.69 Å². The summed E-state index contributed by atoms with van der Waals surface area (Å²) < 4.78 is 32.6. The lowest BCUT2D eigenvalue weighted by Gasteiger charge is -2.22. The van der Waals surface area contributed by atoms with Crippen molar-refractivity contribution in [2.24, 2.45) is 0 Å². The SMILES string of the molecule is CCOC(=O)c1ccc(NC(=O)CN(Cc2cccc(Cl)c2)S(=O)(=O)c2ccc(Cl)cc2)cc1. The molecule has 178 valence electrons. The molecule has 0 aliphatic rings. The first-order valence-corrected chi connectivity index (χ1v) is 12.5. The summed E-state index contributed by atoms with van der Waals surface area (Å²) >= 11 is 11.9. The van der Waals surface area contributed by atoms with E-state index >= 15 is 0 Å². The topological polar surface area (TPSA) is 92.8 Å². The molecule has 34 heavy (non-hydrogen) atoms. The van der Waals surface area contributed by atoms with E-state index in [2.05, 4.69) is 5.32 Å². The molecule has 1 N–H and O–H groups in total. The fourth-order valence-electron chi connectivity index (χ4n) is 3.09. The number of sulfonamides is 1. The van der Waals surface area contributed by atoms with Gasteiger partial charge in [0, 0.05) is 22.3 Å². The third kappa shape index (κ3) is 6.80. The maximum absolute atomic E-state index is 13.3. The van der Waals surface area contributed by atoms with E-state index in [0.29, 0.717) is 26.9 Å². The van der Waals surface area contributed by atoms with Gasteiger partial charge in [0.1, 0.15) is 0 Å². The fraction of sp³-hybridized carbons (Fsp3) is 0.167. The molecule has 0 aliphatic carbocycles. The summed E-state index contributed by atoms with van der Waals surface area (Å²) in [5, 5.41) is 3.50. The Labute approximate surface area is 208 Å². The maximum Gasteiger partial charge on any atom is 0.338 e. The molecule has 3 aromatic rings. The first-order chi connectivity index (χ1) is 16.2. The second kappa shape index (κ2) is 11.5. The van der Waals surface area contributed by atoms with Crippen LogP contribution in [-0.2, 0) is 26.1 Å². The highest BCUT2D eigenvalue weighted by molar-refractivity contribution is 7.89. The molecule has 0 unspecified atom stereocenters. The number of nitrogens with zero attached hydrogens (tertiary/aromatic N) is 1. The second-order valence-corrected chi connectivity index (χ2v) is 10.0. The molecule has 1 amide bonds. The van der Waals surface area contributed by atoms with E-state index in [-0.39, 0.29) is 18.0 Å². The van der Waals surface area contributed by atoms with Crippen molar-refractivity contribution in [2.75, 3.05) is 18.5 Å². The molecule has 0 fully saturated rings. The van der Waals surface area contributed by atoms with Crippen molar-refractivity contribution in [2.45, 2.75) is 18.4 Å². The lowest BCUT2D eigenvalue weighted by molar-refractivity contribution is -0.116. The molecule has 0 aromatic heterocycles. The van der Waals surface area contributed by atoms with Crippen molar-refractivity contribution >= 4 is 50.8 Å². The van der Waals surface area contributed by atoms with E-state index < -0.39 is 28.4 Å². The average Bonchev–Trinajstić information content (AvgIpc) is 2.79.